The number of carbonyl (C=O) groups excluding carboxylic acids is 1. The molecule has 0 radical (unpaired) electrons. The average Bonchev–Trinajstić information content (AvgIpc) is 2.39. The maximum absolute atomic E-state index is 12.2. The molecule has 2 amide bonds. The molecule has 2 aliphatic rings. The molecule has 0 aromatic rings. The Morgan fingerprint density at radius 2 is 1.95 bits per heavy atom. The standard InChI is InChI=1S/C12H23N3O3S/c1-19(17,18)11-9-13-7-8-15(11)12(16)14-10-5-3-2-4-6-10/h10-11,13H,2-9H2,1H3,(H,14,16). The van der Waals surface area contributed by atoms with E-state index in [2.05, 4.69) is 10.6 Å². The summed E-state index contributed by atoms with van der Waals surface area (Å²) in [5.41, 5.74) is 0. The molecule has 0 bridgehead atoms. The van der Waals surface area contributed by atoms with Crippen molar-refractivity contribution in [2.24, 2.45) is 0 Å². The third-order valence-corrected chi connectivity index (χ3v) is 5.29. The first-order chi connectivity index (χ1) is 8.98. The number of amides is 2. The maximum atomic E-state index is 12.2. The van der Waals surface area contributed by atoms with Gasteiger partial charge in [0.25, 0.3) is 0 Å². The average molecular weight is 289 g/mol. The molecular weight excluding hydrogens is 266 g/mol. The lowest BCUT2D eigenvalue weighted by Gasteiger charge is -2.36. The highest BCUT2D eigenvalue weighted by Gasteiger charge is 2.34. The molecule has 1 unspecified atom stereocenters. The van der Waals surface area contributed by atoms with Gasteiger partial charge in [-0.25, -0.2) is 13.2 Å². The first kappa shape index (κ1) is 14.6. The molecule has 0 aromatic carbocycles. The minimum absolute atomic E-state index is 0.205. The zero-order chi connectivity index (χ0) is 13.9. The van der Waals surface area contributed by atoms with E-state index in [1.807, 2.05) is 0 Å². The molecule has 7 heteroatoms. The van der Waals surface area contributed by atoms with Crippen molar-refractivity contribution in [2.45, 2.75) is 43.5 Å². The first-order valence-electron chi connectivity index (χ1n) is 6.95. The van der Waals surface area contributed by atoms with Crippen LogP contribution in [0.3, 0.4) is 0 Å². The number of hydrogen-bond donors (Lipinski definition) is 2. The van der Waals surface area contributed by atoms with Gasteiger partial charge in [0.05, 0.1) is 0 Å². The number of piperazine rings is 1. The Morgan fingerprint density at radius 1 is 1.26 bits per heavy atom. The summed E-state index contributed by atoms with van der Waals surface area (Å²) in [5.74, 6) is 0. The molecule has 2 fully saturated rings. The van der Waals surface area contributed by atoms with Crippen molar-refractivity contribution < 1.29 is 13.2 Å². The van der Waals surface area contributed by atoms with Crippen LogP contribution in [0.15, 0.2) is 0 Å². The highest BCUT2D eigenvalue weighted by Crippen LogP contribution is 2.18. The fraction of sp³-hybridized carbons (Fsp3) is 0.917. The van der Waals surface area contributed by atoms with Gasteiger partial charge in [0, 0.05) is 31.9 Å². The van der Waals surface area contributed by atoms with Gasteiger partial charge >= 0.3 is 6.03 Å². The number of hydrogen-bond acceptors (Lipinski definition) is 4. The van der Waals surface area contributed by atoms with Crippen LogP contribution in [0, 0.1) is 0 Å². The van der Waals surface area contributed by atoms with E-state index >= 15 is 0 Å². The van der Waals surface area contributed by atoms with Crippen molar-refractivity contribution >= 4 is 15.9 Å². The molecule has 1 aliphatic carbocycles. The summed E-state index contributed by atoms with van der Waals surface area (Å²) in [6, 6.07) is -0.0276. The molecule has 2 rings (SSSR count). The van der Waals surface area contributed by atoms with E-state index in [4.69, 9.17) is 0 Å². The minimum Gasteiger partial charge on any atom is -0.335 e. The zero-order valence-corrected chi connectivity index (χ0v) is 12.2. The van der Waals surface area contributed by atoms with Crippen molar-refractivity contribution in [3.05, 3.63) is 0 Å². The Hall–Kier alpha value is -0.820. The van der Waals surface area contributed by atoms with Gasteiger partial charge in [0.1, 0.15) is 5.37 Å². The van der Waals surface area contributed by atoms with Crippen LogP contribution in [-0.4, -0.2) is 56.7 Å². The van der Waals surface area contributed by atoms with Crippen molar-refractivity contribution in [1.82, 2.24) is 15.5 Å². The van der Waals surface area contributed by atoms with E-state index in [9.17, 15) is 13.2 Å². The van der Waals surface area contributed by atoms with Crippen molar-refractivity contribution in [3.63, 3.8) is 0 Å². The lowest BCUT2D eigenvalue weighted by molar-refractivity contribution is 0.173. The zero-order valence-electron chi connectivity index (χ0n) is 11.4. The lowest BCUT2D eigenvalue weighted by Crippen LogP contribution is -2.60. The summed E-state index contributed by atoms with van der Waals surface area (Å²) in [6.45, 7) is 1.40. The van der Waals surface area contributed by atoms with Gasteiger partial charge in [-0.15, -0.1) is 0 Å². The predicted molar refractivity (Wildman–Crippen MR) is 73.6 cm³/mol. The minimum atomic E-state index is -3.26. The Morgan fingerprint density at radius 3 is 2.58 bits per heavy atom. The van der Waals surface area contributed by atoms with Crippen molar-refractivity contribution in [1.29, 1.82) is 0 Å². The third kappa shape index (κ3) is 3.82. The van der Waals surface area contributed by atoms with Crippen LogP contribution >= 0.6 is 0 Å². The van der Waals surface area contributed by atoms with Gasteiger partial charge in [0.15, 0.2) is 9.84 Å². The number of urea groups is 1. The van der Waals surface area contributed by atoms with Gasteiger partial charge < -0.3 is 15.5 Å². The monoisotopic (exact) mass is 289 g/mol. The molecule has 0 spiro atoms. The second kappa shape index (κ2) is 6.09. The van der Waals surface area contributed by atoms with E-state index in [1.165, 1.54) is 17.6 Å². The van der Waals surface area contributed by atoms with Gasteiger partial charge in [0.2, 0.25) is 0 Å². The topological polar surface area (TPSA) is 78.5 Å². The molecule has 1 saturated carbocycles. The van der Waals surface area contributed by atoms with Crippen molar-refractivity contribution in [3.8, 4) is 0 Å². The van der Waals surface area contributed by atoms with Gasteiger partial charge in [-0.2, -0.15) is 0 Å². The maximum Gasteiger partial charge on any atom is 0.318 e. The van der Waals surface area contributed by atoms with Crippen LogP contribution in [-0.2, 0) is 9.84 Å². The Kier molecular flexibility index (Phi) is 4.67. The van der Waals surface area contributed by atoms with E-state index in [-0.39, 0.29) is 12.1 Å². The summed E-state index contributed by atoms with van der Waals surface area (Å²) in [4.78, 5) is 13.7. The summed E-state index contributed by atoms with van der Waals surface area (Å²) in [5, 5.41) is 5.27. The largest absolute Gasteiger partial charge is 0.335 e. The van der Waals surface area contributed by atoms with Crippen LogP contribution in [0.5, 0.6) is 0 Å². The van der Waals surface area contributed by atoms with Gasteiger partial charge in [-0.1, -0.05) is 19.3 Å². The van der Waals surface area contributed by atoms with Crippen LogP contribution in [0.2, 0.25) is 0 Å². The van der Waals surface area contributed by atoms with E-state index in [1.54, 1.807) is 0 Å². The van der Waals surface area contributed by atoms with Crippen LogP contribution in [0.25, 0.3) is 0 Å². The first-order valence-corrected chi connectivity index (χ1v) is 8.90. The highest BCUT2D eigenvalue weighted by atomic mass is 32.2. The molecular formula is C12H23N3O3S. The van der Waals surface area contributed by atoms with E-state index in [0.717, 1.165) is 25.7 Å². The number of nitrogens with one attached hydrogen (secondary N) is 2. The molecule has 1 saturated heterocycles. The number of carbonyl (C=O) groups is 1. The third-order valence-electron chi connectivity index (χ3n) is 3.88. The summed E-state index contributed by atoms with van der Waals surface area (Å²) in [7, 11) is -3.26. The quantitative estimate of drug-likeness (QED) is 0.766. The normalized spacial score (nSPS) is 26.2. The molecule has 6 nitrogen and oxygen atoms in total. The molecule has 1 atom stereocenters. The smallest absolute Gasteiger partial charge is 0.318 e. The van der Waals surface area contributed by atoms with Gasteiger partial charge in [-0.05, 0) is 12.8 Å². The number of sulfone groups is 1. The van der Waals surface area contributed by atoms with Crippen molar-refractivity contribution in [2.75, 3.05) is 25.9 Å². The van der Waals surface area contributed by atoms with Gasteiger partial charge in [-0.3, -0.25) is 0 Å². The summed E-state index contributed by atoms with van der Waals surface area (Å²) < 4.78 is 23.5. The molecule has 19 heavy (non-hydrogen) atoms. The Labute approximate surface area is 114 Å². The summed E-state index contributed by atoms with van der Waals surface area (Å²) in [6.07, 6.45) is 6.70. The molecule has 2 N–H and O–H groups in total. The van der Waals surface area contributed by atoms with Crippen LogP contribution in [0.4, 0.5) is 4.79 Å². The SMILES string of the molecule is CS(=O)(=O)C1CNCCN1C(=O)NC1CCCCC1. The Balaban J connectivity index is 1.99. The second-order valence-corrected chi connectivity index (χ2v) is 7.67. The van der Waals surface area contributed by atoms with Crippen LogP contribution in [0.1, 0.15) is 32.1 Å². The Bertz CT molecular complexity index is 418. The fourth-order valence-corrected chi connectivity index (χ4v) is 3.88. The van der Waals surface area contributed by atoms with Crippen LogP contribution < -0.4 is 10.6 Å². The summed E-state index contributed by atoms with van der Waals surface area (Å²) >= 11 is 0. The molecule has 1 heterocycles. The molecule has 1 aliphatic heterocycles. The predicted octanol–water partition coefficient (Wildman–Crippen LogP) is 0.305. The second-order valence-electron chi connectivity index (χ2n) is 5.47. The number of rotatable bonds is 2. The molecule has 0 aromatic heterocycles. The lowest BCUT2D eigenvalue weighted by atomic mass is 9.96. The van der Waals surface area contributed by atoms with E-state index < -0.39 is 15.2 Å². The number of nitrogens with zero attached hydrogens (tertiary/aromatic N) is 1. The highest BCUT2D eigenvalue weighted by molar-refractivity contribution is 7.91. The van der Waals surface area contributed by atoms with E-state index in [0.29, 0.717) is 19.6 Å². The molecule has 110 valence electrons. The fourth-order valence-electron chi connectivity index (χ4n) is 2.80.